The first kappa shape index (κ1) is 19.2. The Labute approximate surface area is 148 Å². The number of pyridine rings is 1. The number of carbonyl (C=O) groups excluding carboxylic acids is 1. The SMILES string of the molecule is CCC(CC)C(O)CNC(=O)NC(c1nnc2ccccn12)C(C)C. The first-order valence-corrected chi connectivity index (χ1v) is 8.99. The smallest absolute Gasteiger partial charge is 0.315 e. The maximum atomic E-state index is 12.3. The van der Waals surface area contributed by atoms with E-state index >= 15 is 0 Å². The number of amides is 2. The predicted octanol–water partition coefficient (Wildman–Crippen LogP) is 2.52. The van der Waals surface area contributed by atoms with Crippen LogP contribution in [0.2, 0.25) is 0 Å². The van der Waals surface area contributed by atoms with Gasteiger partial charge in [-0.25, -0.2) is 4.79 Å². The van der Waals surface area contributed by atoms with Crippen molar-refractivity contribution >= 4 is 11.7 Å². The van der Waals surface area contributed by atoms with Gasteiger partial charge in [0.05, 0.1) is 12.1 Å². The minimum Gasteiger partial charge on any atom is -0.391 e. The molecule has 0 aliphatic rings. The molecule has 2 atom stereocenters. The molecule has 0 aromatic carbocycles. The average Bonchev–Trinajstić information content (AvgIpc) is 3.02. The topological polar surface area (TPSA) is 91.5 Å². The summed E-state index contributed by atoms with van der Waals surface area (Å²) in [6.07, 6.45) is 3.13. The molecule has 2 aromatic rings. The fourth-order valence-corrected chi connectivity index (χ4v) is 2.99. The molecule has 0 radical (unpaired) electrons. The summed E-state index contributed by atoms with van der Waals surface area (Å²) in [4.78, 5) is 12.3. The molecule has 0 aliphatic carbocycles. The number of hydrogen-bond acceptors (Lipinski definition) is 4. The first-order chi connectivity index (χ1) is 12.0. The number of aliphatic hydroxyl groups excluding tert-OH is 1. The van der Waals surface area contributed by atoms with Crippen molar-refractivity contribution in [1.29, 1.82) is 0 Å². The molecule has 7 nitrogen and oxygen atoms in total. The zero-order chi connectivity index (χ0) is 18.4. The zero-order valence-corrected chi connectivity index (χ0v) is 15.4. The summed E-state index contributed by atoms with van der Waals surface area (Å²) in [5, 5.41) is 24.3. The number of nitrogens with one attached hydrogen (secondary N) is 2. The Kier molecular flexibility index (Phi) is 6.75. The van der Waals surface area contributed by atoms with Gasteiger partial charge >= 0.3 is 6.03 Å². The van der Waals surface area contributed by atoms with Crippen LogP contribution in [0.15, 0.2) is 24.4 Å². The van der Waals surface area contributed by atoms with Crippen molar-refractivity contribution in [1.82, 2.24) is 25.2 Å². The summed E-state index contributed by atoms with van der Waals surface area (Å²) in [5.41, 5.74) is 0.745. The van der Waals surface area contributed by atoms with E-state index in [0.29, 0.717) is 5.82 Å². The monoisotopic (exact) mass is 347 g/mol. The van der Waals surface area contributed by atoms with Gasteiger partial charge in [-0.05, 0) is 24.0 Å². The standard InChI is InChI=1S/C18H29N5O2/c1-5-13(6-2)14(24)11-19-18(25)20-16(12(3)4)17-22-21-15-9-7-8-10-23(15)17/h7-10,12-14,16,24H,5-6,11H2,1-4H3,(H2,19,20,25). The largest absolute Gasteiger partial charge is 0.391 e. The third-order valence-electron chi connectivity index (χ3n) is 4.64. The van der Waals surface area contributed by atoms with Crippen LogP contribution in [0.25, 0.3) is 5.65 Å². The molecular formula is C18H29N5O2. The van der Waals surface area contributed by atoms with Crippen molar-refractivity contribution in [3.63, 3.8) is 0 Å². The summed E-state index contributed by atoms with van der Waals surface area (Å²) < 4.78 is 1.88. The molecule has 2 unspecified atom stereocenters. The average molecular weight is 347 g/mol. The van der Waals surface area contributed by atoms with Crippen LogP contribution in [0.5, 0.6) is 0 Å². The van der Waals surface area contributed by atoms with Gasteiger partial charge in [-0.3, -0.25) is 4.40 Å². The summed E-state index contributed by atoms with van der Waals surface area (Å²) in [6, 6.07) is 5.10. The highest BCUT2D eigenvalue weighted by atomic mass is 16.3. The van der Waals surface area contributed by atoms with Gasteiger partial charge < -0.3 is 15.7 Å². The van der Waals surface area contributed by atoms with Gasteiger partial charge in [0.15, 0.2) is 11.5 Å². The third-order valence-corrected chi connectivity index (χ3v) is 4.64. The van der Waals surface area contributed by atoms with Crippen molar-refractivity contribution in [2.75, 3.05) is 6.54 Å². The predicted molar refractivity (Wildman–Crippen MR) is 97.2 cm³/mol. The lowest BCUT2D eigenvalue weighted by Gasteiger charge is -2.23. The number of urea groups is 1. The Hall–Kier alpha value is -2.15. The van der Waals surface area contributed by atoms with E-state index in [1.54, 1.807) is 0 Å². The summed E-state index contributed by atoms with van der Waals surface area (Å²) >= 11 is 0. The second-order valence-electron chi connectivity index (χ2n) is 6.71. The van der Waals surface area contributed by atoms with E-state index in [2.05, 4.69) is 20.8 Å². The van der Waals surface area contributed by atoms with Crippen LogP contribution in [0.1, 0.15) is 52.4 Å². The molecule has 0 spiro atoms. The number of carbonyl (C=O) groups is 1. The second-order valence-corrected chi connectivity index (χ2v) is 6.71. The molecule has 0 fully saturated rings. The summed E-state index contributed by atoms with van der Waals surface area (Å²) in [6.45, 7) is 8.37. The number of aliphatic hydroxyl groups is 1. The minimum absolute atomic E-state index is 0.141. The maximum Gasteiger partial charge on any atom is 0.315 e. The van der Waals surface area contributed by atoms with Gasteiger partial charge in [-0.1, -0.05) is 46.6 Å². The number of nitrogens with zero attached hydrogens (tertiary/aromatic N) is 3. The van der Waals surface area contributed by atoms with Crippen LogP contribution in [0, 0.1) is 11.8 Å². The van der Waals surface area contributed by atoms with E-state index in [-0.39, 0.29) is 30.5 Å². The highest BCUT2D eigenvalue weighted by Gasteiger charge is 2.24. The number of rotatable bonds is 8. The molecule has 0 aliphatic heterocycles. The molecule has 2 rings (SSSR count). The van der Waals surface area contributed by atoms with E-state index in [1.807, 2.05) is 56.5 Å². The van der Waals surface area contributed by atoms with Crippen molar-refractivity contribution in [2.45, 2.75) is 52.7 Å². The number of aromatic nitrogens is 3. The van der Waals surface area contributed by atoms with Crippen LogP contribution in [-0.2, 0) is 0 Å². The van der Waals surface area contributed by atoms with E-state index < -0.39 is 6.10 Å². The van der Waals surface area contributed by atoms with Gasteiger partial charge in [0, 0.05) is 12.7 Å². The Balaban J connectivity index is 2.03. The highest BCUT2D eigenvalue weighted by molar-refractivity contribution is 5.74. The highest BCUT2D eigenvalue weighted by Crippen LogP contribution is 2.20. The molecular weight excluding hydrogens is 318 g/mol. The van der Waals surface area contributed by atoms with Crippen LogP contribution in [0.4, 0.5) is 4.79 Å². The molecule has 138 valence electrons. The van der Waals surface area contributed by atoms with Crippen molar-refractivity contribution in [2.24, 2.45) is 11.8 Å². The van der Waals surface area contributed by atoms with E-state index in [4.69, 9.17) is 0 Å². The Bertz CT molecular complexity index is 681. The Morgan fingerprint density at radius 2 is 1.96 bits per heavy atom. The van der Waals surface area contributed by atoms with Gasteiger partial charge in [-0.15, -0.1) is 10.2 Å². The molecule has 3 N–H and O–H groups in total. The van der Waals surface area contributed by atoms with Crippen molar-refractivity contribution < 1.29 is 9.90 Å². The van der Waals surface area contributed by atoms with Gasteiger partial charge in [0.1, 0.15) is 0 Å². The fraction of sp³-hybridized carbons (Fsp3) is 0.611. The Morgan fingerprint density at radius 1 is 1.24 bits per heavy atom. The van der Waals surface area contributed by atoms with E-state index in [9.17, 15) is 9.90 Å². The normalized spacial score (nSPS) is 14.0. The van der Waals surface area contributed by atoms with Crippen LogP contribution < -0.4 is 10.6 Å². The van der Waals surface area contributed by atoms with Crippen molar-refractivity contribution in [3.8, 4) is 0 Å². The molecule has 25 heavy (non-hydrogen) atoms. The van der Waals surface area contributed by atoms with Crippen LogP contribution in [-0.4, -0.2) is 38.4 Å². The van der Waals surface area contributed by atoms with Gasteiger partial charge in [-0.2, -0.15) is 0 Å². The lowest BCUT2D eigenvalue weighted by Crippen LogP contribution is -2.44. The van der Waals surface area contributed by atoms with E-state index in [0.717, 1.165) is 18.5 Å². The molecule has 0 bridgehead atoms. The quantitative estimate of drug-likeness (QED) is 0.684. The lowest BCUT2D eigenvalue weighted by atomic mass is 9.97. The number of hydrogen-bond donors (Lipinski definition) is 3. The molecule has 2 amide bonds. The maximum absolute atomic E-state index is 12.3. The number of fused-ring (bicyclic) bond motifs is 1. The molecule has 7 heteroatoms. The Morgan fingerprint density at radius 3 is 2.60 bits per heavy atom. The first-order valence-electron chi connectivity index (χ1n) is 8.99. The van der Waals surface area contributed by atoms with Crippen LogP contribution in [0.3, 0.4) is 0 Å². The summed E-state index contributed by atoms with van der Waals surface area (Å²) in [5.74, 6) is 1.03. The lowest BCUT2D eigenvalue weighted by molar-refractivity contribution is 0.103. The fourth-order valence-electron chi connectivity index (χ4n) is 2.99. The van der Waals surface area contributed by atoms with Gasteiger partial charge in [0.25, 0.3) is 0 Å². The van der Waals surface area contributed by atoms with Crippen LogP contribution >= 0.6 is 0 Å². The molecule has 0 saturated heterocycles. The molecule has 2 aromatic heterocycles. The second kappa shape index (κ2) is 8.80. The zero-order valence-electron chi connectivity index (χ0n) is 15.4. The van der Waals surface area contributed by atoms with Gasteiger partial charge in [0.2, 0.25) is 0 Å². The summed E-state index contributed by atoms with van der Waals surface area (Å²) in [7, 11) is 0. The van der Waals surface area contributed by atoms with E-state index in [1.165, 1.54) is 0 Å². The molecule has 0 saturated carbocycles. The minimum atomic E-state index is -0.535. The van der Waals surface area contributed by atoms with Crippen molar-refractivity contribution in [3.05, 3.63) is 30.2 Å². The third kappa shape index (κ3) is 4.69. The molecule has 2 heterocycles.